The summed E-state index contributed by atoms with van der Waals surface area (Å²) in [5.41, 5.74) is 0. The molecule has 0 saturated carbocycles. The van der Waals surface area contributed by atoms with Crippen molar-refractivity contribution < 1.29 is 13.0 Å². The number of fused-ring (bicyclic) bond motifs is 2. The molecule has 0 atom stereocenters. The molecule has 5 heteroatoms. The van der Waals surface area contributed by atoms with Gasteiger partial charge in [-0.2, -0.15) is 0 Å². The van der Waals surface area contributed by atoms with E-state index in [1.165, 1.54) is 9.40 Å². The first-order valence-electron chi connectivity index (χ1n) is 2.79. The van der Waals surface area contributed by atoms with E-state index in [4.69, 9.17) is 13.0 Å². The van der Waals surface area contributed by atoms with Crippen LogP contribution in [0.2, 0.25) is 0 Å². The van der Waals surface area contributed by atoms with Gasteiger partial charge in [0.2, 0.25) is 0 Å². The molecule has 2 heterocycles. The lowest BCUT2D eigenvalue weighted by Gasteiger charge is -1.65. The highest BCUT2D eigenvalue weighted by molar-refractivity contribution is 7.66. The number of hydrogen-bond acceptors (Lipinski definition) is 3. The third kappa shape index (κ3) is 2.83. The first kappa shape index (κ1) is 8.45. The third-order valence-electron chi connectivity index (χ3n) is 1.06. The SMILES string of the molecule is O=[SH](=O)O.c1cc2ccc1s2. The molecule has 0 aliphatic heterocycles. The molecule has 2 aromatic heterocycles. The molecule has 0 radical (unpaired) electrons. The van der Waals surface area contributed by atoms with Crippen molar-refractivity contribution in [2.75, 3.05) is 0 Å². The van der Waals surface area contributed by atoms with Crippen LogP contribution in [0.3, 0.4) is 0 Å². The van der Waals surface area contributed by atoms with Crippen LogP contribution in [0.1, 0.15) is 0 Å². The van der Waals surface area contributed by atoms with Crippen molar-refractivity contribution in [3.05, 3.63) is 24.3 Å². The molecule has 0 spiro atoms. The van der Waals surface area contributed by atoms with Crippen molar-refractivity contribution >= 4 is 31.7 Å². The number of benzene rings is 1. The molecule has 11 heavy (non-hydrogen) atoms. The zero-order valence-corrected chi connectivity index (χ0v) is 7.14. The van der Waals surface area contributed by atoms with Gasteiger partial charge < -0.3 is 0 Å². The lowest BCUT2D eigenvalue weighted by molar-refractivity contribution is 0.509. The minimum Gasteiger partial charge on any atom is -0.288 e. The Morgan fingerprint density at radius 2 is 1.36 bits per heavy atom. The van der Waals surface area contributed by atoms with E-state index in [2.05, 4.69) is 24.3 Å². The van der Waals surface area contributed by atoms with Gasteiger partial charge in [-0.25, -0.2) is 8.42 Å². The summed E-state index contributed by atoms with van der Waals surface area (Å²) in [6.07, 6.45) is 0. The zero-order valence-electron chi connectivity index (χ0n) is 5.43. The van der Waals surface area contributed by atoms with Crippen molar-refractivity contribution in [2.24, 2.45) is 0 Å². The van der Waals surface area contributed by atoms with Gasteiger partial charge in [-0.15, -0.1) is 11.3 Å². The molecular formula is C6H6O3S2. The Morgan fingerprint density at radius 1 is 1.09 bits per heavy atom. The van der Waals surface area contributed by atoms with E-state index >= 15 is 0 Å². The molecule has 1 N–H and O–H groups in total. The highest BCUT2D eigenvalue weighted by Gasteiger charge is 1.89. The van der Waals surface area contributed by atoms with Crippen molar-refractivity contribution in [1.82, 2.24) is 0 Å². The lowest BCUT2D eigenvalue weighted by atomic mass is 10.4. The monoisotopic (exact) mass is 190 g/mol. The molecule has 0 fully saturated rings. The van der Waals surface area contributed by atoms with Gasteiger partial charge >= 0.3 is 0 Å². The van der Waals surface area contributed by atoms with Crippen LogP contribution < -0.4 is 0 Å². The van der Waals surface area contributed by atoms with Crippen molar-refractivity contribution in [3.63, 3.8) is 0 Å². The van der Waals surface area contributed by atoms with Crippen molar-refractivity contribution in [3.8, 4) is 0 Å². The Kier molecular flexibility index (Phi) is 2.81. The molecule has 0 aliphatic rings. The van der Waals surface area contributed by atoms with Gasteiger partial charge in [0.1, 0.15) is 0 Å². The van der Waals surface area contributed by atoms with Crippen molar-refractivity contribution in [2.45, 2.75) is 0 Å². The Hall–Kier alpha value is -0.650. The first-order valence-corrected chi connectivity index (χ1v) is 4.74. The number of thiophene rings is 2. The van der Waals surface area contributed by atoms with E-state index in [1.54, 1.807) is 0 Å². The zero-order chi connectivity index (χ0) is 8.27. The van der Waals surface area contributed by atoms with Crippen LogP contribution in [0, 0.1) is 0 Å². The van der Waals surface area contributed by atoms with Crippen LogP contribution in [0.15, 0.2) is 24.3 Å². The van der Waals surface area contributed by atoms with Crippen LogP contribution in [-0.2, 0) is 11.0 Å². The van der Waals surface area contributed by atoms with E-state index in [9.17, 15) is 0 Å². The average Bonchev–Trinajstić information content (AvgIpc) is 2.45. The van der Waals surface area contributed by atoms with Gasteiger partial charge in [-0.3, -0.25) is 4.55 Å². The summed E-state index contributed by atoms with van der Waals surface area (Å²) >= 11 is 1.84. The van der Waals surface area contributed by atoms with Crippen LogP contribution in [-0.4, -0.2) is 13.0 Å². The molecule has 0 unspecified atom stereocenters. The van der Waals surface area contributed by atoms with Crippen molar-refractivity contribution in [1.29, 1.82) is 0 Å². The maximum absolute atomic E-state index is 8.59. The van der Waals surface area contributed by atoms with Gasteiger partial charge in [0.25, 0.3) is 11.0 Å². The quantitative estimate of drug-likeness (QED) is 0.488. The molecule has 3 nitrogen and oxygen atoms in total. The summed E-state index contributed by atoms with van der Waals surface area (Å²) in [7, 11) is -3.12. The number of hydrogen-bond donors (Lipinski definition) is 2. The smallest absolute Gasteiger partial charge is 0.254 e. The molecule has 2 bridgehead atoms. The van der Waals surface area contributed by atoms with E-state index in [-0.39, 0.29) is 0 Å². The van der Waals surface area contributed by atoms with Crippen LogP contribution in [0.25, 0.3) is 9.40 Å². The van der Waals surface area contributed by atoms with Gasteiger partial charge in [0.15, 0.2) is 0 Å². The molecule has 0 aliphatic carbocycles. The third-order valence-corrected chi connectivity index (χ3v) is 2.08. The summed E-state index contributed by atoms with van der Waals surface area (Å²) in [5, 5.41) is 0. The molecule has 0 saturated heterocycles. The highest BCUT2D eigenvalue weighted by atomic mass is 32.2. The molecular weight excluding hydrogens is 184 g/mol. The first-order chi connectivity index (χ1) is 5.18. The summed E-state index contributed by atoms with van der Waals surface area (Å²) in [4.78, 5) is 0. The summed E-state index contributed by atoms with van der Waals surface area (Å²) < 4.78 is 27.0. The standard InChI is InChI=1S/C6H4S.H2O3S/c1-2-6-4-3-5(1)7-6;1-4(2)3/h1-4H;4H,(H,1,2,3). The van der Waals surface area contributed by atoms with Gasteiger partial charge in [-0.1, -0.05) is 0 Å². The number of thiol groups is 1. The van der Waals surface area contributed by atoms with E-state index in [0.717, 1.165) is 0 Å². The summed E-state index contributed by atoms with van der Waals surface area (Å²) in [5.74, 6) is 0. The largest absolute Gasteiger partial charge is 0.288 e. The second-order valence-electron chi connectivity index (χ2n) is 1.81. The fraction of sp³-hybridized carbons (Fsp3) is 0. The van der Waals surface area contributed by atoms with E-state index in [1.807, 2.05) is 11.3 Å². The van der Waals surface area contributed by atoms with E-state index < -0.39 is 11.0 Å². The maximum Gasteiger partial charge on any atom is 0.254 e. The molecule has 2 rings (SSSR count). The second kappa shape index (κ2) is 3.66. The topological polar surface area (TPSA) is 54.4 Å². The molecule has 0 aromatic carbocycles. The Labute approximate surface area is 69.4 Å². The predicted octanol–water partition coefficient (Wildman–Crippen LogP) is 1.41. The highest BCUT2D eigenvalue weighted by Crippen LogP contribution is 2.22. The fourth-order valence-electron chi connectivity index (χ4n) is 0.712. The lowest BCUT2D eigenvalue weighted by Crippen LogP contribution is -1.58. The predicted molar refractivity (Wildman–Crippen MR) is 46.0 cm³/mol. The van der Waals surface area contributed by atoms with Crippen LogP contribution >= 0.6 is 11.3 Å². The van der Waals surface area contributed by atoms with Gasteiger partial charge in [0, 0.05) is 9.40 Å². The fourth-order valence-corrected chi connectivity index (χ4v) is 1.53. The molecule has 60 valence electrons. The number of rotatable bonds is 0. The van der Waals surface area contributed by atoms with Crippen LogP contribution in [0.5, 0.6) is 0 Å². The Balaban J connectivity index is 0.000000134. The normalized spacial score (nSPS) is 10.0. The van der Waals surface area contributed by atoms with Crippen LogP contribution in [0.4, 0.5) is 0 Å². The molecule has 0 amide bonds. The van der Waals surface area contributed by atoms with E-state index in [0.29, 0.717) is 0 Å². The Morgan fingerprint density at radius 3 is 1.45 bits per heavy atom. The second-order valence-corrected chi connectivity index (χ2v) is 3.43. The summed E-state index contributed by atoms with van der Waals surface area (Å²) in [6.45, 7) is 0. The van der Waals surface area contributed by atoms with Gasteiger partial charge in [0.05, 0.1) is 0 Å². The maximum atomic E-state index is 8.59. The minimum atomic E-state index is -3.12. The van der Waals surface area contributed by atoms with Gasteiger partial charge in [-0.05, 0) is 24.3 Å². The Bertz CT molecular complexity index is 324. The summed E-state index contributed by atoms with van der Waals surface area (Å²) in [6, 6.07) is 8.56. The average molecular weight is 190 g/mol. The minimum absolute atomic E-state index is 1.38. The molecule has 2 aromatic rings.